The number of rotatable bonds is 7. The van der Waals surface area contributed by atoms with E-state index in [0.29, 0.717) is 18.0 Å². The Kier molecular flexibility index (Phi) is 6.09. The third-order valence-corrected chi connectivity index (χ3v) is 3.53. The first kappa shape index (κ1) is 16.3. The van der Waals surface area contributed by atoms with E-state index in [1.165, 1.54) is 11.5 Å². The van der Waals surface area contributed by atoms with E-state index in [2.05, 4.69) is 35.0 Å². The van der Waals surface area contributed by atoms with Gasteiger partial charge in [-0.1, -0.05) is 33.0 Å². The zero-order valence-electron chi connectivity index (χ0n) is 12.0. The second-order valence-corrected chi connectivity index (χ2v) is 6.60. The van der Waals surface area contributed by atoms with Gasteiger partial charge in [0.1, 0.15) is 5.82 Å². The van der Waals surface area contributed by atoms with Crippen molar-refractivity contribution < 1.29 is 4.74 Å². The zero-order valence-corrected chi connectivity index (χ0v) is 13.6. The Morgan fingerprint density at radius 2 is 2.11 bits per heavy atom. The van der Waals surface area contributed by atoms with Crippen molar-refractivity contribution in [3.63, 3.8) is 0 Å². The quantitative estimate of drug-likeness (QED) is 0.777. The fourth-order valence-corrected chi connectivity index (χ4v) is 2.40. The summed E-state index contributed by atoms with van der Waals surface area (Å²) in [6.45, 7) is 8.46. The second-order valence-electron chi connectivity index (χ2n) is 5.35. The minimum absolute atomic E-state index is 0.0369. The van der Waals surface area contributed by atoms with Crippen molar-refractivity contribution in [3.8, 4) is 0 Å². The standard InChI is InChI=1S/C12H22N4OS2/c1-12(2,3)10-14-11(19-15-10)16(7-8-17-4)6-5-9(13)18/h5-8H2,1-4H3,(H2,13,18). The lowest BCUT2D eigenvalue weighted by atomic mass is 9.96. The minimum Gasteiger partial charge on any atom is -0.393 e. The Bertz CT molecular complexity index is 414. The van der Waals surface area contributed by atoms with E-state index in [1.807, 2.05) is 0 Å². The van der Waals surface area contributed by atoms with Crippen molar-refractivity contribution in [1.82, 2.24) is 9.36 Å². The summed E-state index contributed by atoms with van der Waals surface area (Å²) < 4.78 is 9.55. The highest BCUT2D eigenvalue weighted by Gasteiger charge is 2.21. The van der Waals surface area contributed by atoms with Gasteiger partial charge in [0.25, 0.3) is 0 Å². The van der Waals surface area contributed by atoms with E-state index in [0.717, 1.165) is 24.0 Å². The lowest BCUT2D eigenvalue weighted by Crippen LogP contribution is -2.30. The predicted molar refractivity (Wildman–Crippen MR) is 84.1 cm³/mol. The molecule has 0 amide bonds. The van der Waals surface area contributed by atoms with Gasteiger partial charge in [-0.3, -0.25) is 0 Å². The maximum absolute atomic E-state index is 5.56. The molecule has 1 rings (SSSR count). The first-order chi connectivity index (χ1) is 8.84. The molecule has 1 heterocycles. The molecule has 1 aromatic rings. The van der Waals surface area contributed by atoms with Crippen molar-refractivity contribution in [2.45, 2.75) is 32.6 Å². The largest absolute Gasteiger partial charge is 0.393 e. The summed E-state index contributed by atoms with van der Waals surface area (Å²) in [5, 5.41) is 0.901. The lowest BCUT2D eigenvalue weighted by molar-refractivity contribution is 0.205. The molecule has 0 aromatic carbocycles. The molecule has 0 saturated carbocycles. The van der Waals surface area contributed by atoms with Gasteiger partial charge < -0.3 is 15.4 Å². The van der Waals surface area contributed by atoms with Gasteiger partial charge in [-0.15, -0.1) is 0 Å². The van der Waals surface area contributed by atoms with Crippen LogP contribution in [0.1, 0.15) is 33.0 Å². The van der Waals surface area contributed by atoms with Crippen molar-refractivity contribution in [3.05, 3.63) is 5.82 Å². The number of hydrogen-bond donors (Lipinski definition) is 1. The monoisotopic (exact) mass is 302 g/mol. The molecule has 0 saturated heterocycles. The average Bonchev–Trinajstić information content (AvgIpc) is 2.78. The summed E-state index contributed by atoms with van der Waals surface area (Å²) >= 11 is 6.34. The zero-order chi connectivity index (χ0) is 14.5. The average molecular weight is 302 g/mol. The lowest BCUT2D eigenvalue weighted by Gasteiger charge is -2.21. The highest BCUT2D eigenvalue weighted by Crippen LogP contribution is 2.25. The number of aromatic nitrogens is 2. The molecule has 0 radical (unpaired) electrons. The van der Waals surface area contributed by atoms with Gasteiger partial charge in [-0.25, -0.2) is 4.98 Å². The van der Waals surface area contributed by atoms with E-state index < -0.39 is 0 Å². The molecule has 0 aliphatic rings. The first-order valence-corrected chi connectivity index (χ1v) is 7.39. The molecule has 108 valence electrons. The SMILES string of the molecule is COCCN(CCC(N)=S)c1nc(C(C)(C)C)ns1. The molecule has 5 nitrogen and oxygen atoms in total. The molecular formula is C12H22N4OS2. The van der Waals surface area contributed by atoms with E-state index in [1.54, 1.807) is 7.11 Å². The Balaban J connectivity index is 2.78. The number of anilines is 1. The number of methoxy groups -OCH3 is 1. The second kappa shape index (κ2) is 7.12. The molecule has 0 spiro atoms. The summed E-state index contributed by atoms with van der Waals surface area (Å²) in [5.74, 6) is 0.866. The molecule has 0 aliphatic carbocycles. The highest BCUT2D eigenvalue weighted by molar-refractivity contribution is 7.80. The third-order valence-electron chi connectivity index (χ3n) is 2.55. The highest BCUT2D eigenvalue weighted by atomic mass is 32.1. The van der Waals surface area contributed by atoms with Crippen LogP contribution in [-0.2, 0) is 10.2 Å². The Morgan fingerprint density at radius 1 is 1.42 bits per heavy atom. The van der Waals surface area contributed by atoms with E-state index in [9.17, 15) is 0 Å². The van der Waals surface area contributed by atoms with Crippen molar-refractivity contribution >= 4 is 33.9 Å². The Hall–Kier alpha value is -0.790. The molecular weight excluding hydrogens is 280 g/mol. The van der Waals surface area contributed by atoms with Gasteiger partial charge in [-0.05, 0) is 0 Å². The van der Waals surface area contributed by atoms with Crippen LogP contribution in [0.15, 0.2) is 0 Å². The summed E-state index contributed by atoms with van der Waals surface area (Å²) in [7, 11) is 1.69. The van der Waals surface area contributed by atoms with E-state index in [-0.39, 0.29) is 5.41 Å². The molecule has 7 heteroatoms. The topological polar surface area (TPSA) is 64.3 Å². The van der Waals surface area contributed by atoms with Crippen LogP contribution in [0.2, 0.25) is 0 Å². The van der Waals surface area contributed by atoms with Crippen LogP contribution in [0, 0.1) is 0 Å². The van der Waals surface area contributed by atoms with Crippen LogP contribution in [0.3, 0.4) is 0 Å². The molecule has 0 unspecified atom stereocenters. The smallest absolute Gasteiger partial charge is 0.205 e. The number of nitrogens with two attached hydrogens (primary N) is 1. The molecule has 0 bridgehead atoms. The number of hydrogen-bond acceptors (Lipinski definition) is 6. The molecule has 0 aliphatic heterocycles. The van der Waals surface area contributed by atoms with Crippen molar-refractivity contribution in [2.24, 2.45) is 5.73 Å². The van der Waals surface area contributed by atoms with Crippen LogP contribution in [0.25, 0.3) is 0 Å². The van der Waals surface area contributed by atoms with Crippen LogP contribution in [-0.4, -0.2) is 41.2 Å². The maximum atomic E-state index is 5.56. The van der Waals surface area contributed by atoms with Gasteiger partial charge in [0.05, 0.1) is 11.6 Å². The van der Waals surface area contributed by atoms with E-state index in [4.69, 9.17) is 22.7 Å². The van der Waals surface area contributed by atoms with Gasteiger partial charge in [0.2, 0.25) is 5.13 Å². The molecule has 1 aromatic heterocycles. The van der Waals surface area contributed by atoms with Crippen LogP contribution in [0.5, 0.6) is 0 Å². The third kappa shape index (κ3) is 5.38. The fraction of sp³-hybridized carbons (Fsp3) is 0.750. The summed E-state index contributed by atoms with van der Waals surface area (Å²) in [6.07, 6.45) is 0.670. The van der Waals surface area contributed by atoms with Gasteiger partial charge in [0, 0.05) is 43.6 Å². The van der Waals surface area contributed by atoms with Crippen molar-refractivity contribution in [2.75, 3.05) is 31.7 Å². The summed E-state index contributed by atoms with van der Waals surface area (Å²) in [4.78, 5) is 7.24. The van der Waals surface area contributed by atoms with Crippen LogP contribution >= 0.6 is 23.8 Å². The first-order valence-electron chi connectivity index (χ1n) is 6.21. The number of thiocarbonyl (C=S) groups is 1. The van der Waals surface area contributed by atoms with Crippen LogP contribution in [0.4, 0.5) is 5.13 Å². The summed E-state index contributed by atoms with van der Waals surface area (Å²) in [6, 6.07) is 0. The predicted octanol–water partition coefficient (Wildman–Crippen LogP) is 1.96. The van der Waals surface area contributed by atoms with Gasteiger partial charge >= 0.3 is 0 Å². The van der Waals surface area contributed by atoms with Gasteiger partial charge in [-0.2, -0.15) is 4.37 Å². The van der Waals surface area contributed by atoms with Crippen molar-refractivity contribution in [1.29, 1.82) is 0 Å². The fourth-order valence-electron chi connectivity index (χ4n) is 1.40. The Morgan fingerprint density at radius 3 is 2.58 bits per heavy atom. The molecule has 0 fully saturated rings. The van der Waals surface area contributed by atoms with E-state index >= 15 is 0 Å². The number of ether oxygens (including phenoxy) is 1. The maximum Gasteiger partial charge on any atom is 0.205 e. The molecule has 2 N–H and O–H groups in total. The molecule has 0 atom stereocenters. The normalized spacial score (nSPS) is 11.6. The number of nitrogens with zero attached hydrogens (tertiary/aromatic N) is 3. The van der Waals surface area contributed by atoms with Gasteiger partial charge in [0.15, 0.2) is 0 Å². The molecule has 19 heavy (non-hydrogen) atoms. The van der Waals surface area contributed by atoms with Crippen LogP contribution < -0.4 is 10.6 Å². The Labute approximate surface area is 124 Å². The summed E-state index contributed by atoms with van der Waals surface area (Å²) in [5.41, 5.74) is 5.53. The minimum atomic E-state index is -0.0369.